The van der Waals surface area contributed by atoms with Crippen molar-refractivity contribution in [2.75, 3.05) is 10.7 Å². The van der Waals surface area contributed by atoms with Crippen LogP contribution in [0.5, 0.6) is 5.75 Å². The third-order valence-electron chi connectivity index (χ3n) is 5.46. The van der Waals surface area contributed by atoms with E-state index in [0.29, 0.717) is 17.4 Å². The monoisotopic (exact) mass is 523 g/mol. The number of halogens is 2. The number of carbonyl (C=O) groups excluding carboxylic acids is 1. The number of nitrogens with zero attached hydrogens (tertiary/aromatic N) is 1. The quantitative estimate of drug-likeness (QED) is 0.269. The molecule has 0 aromatic heterocycles. The van der Waals surface area contributed by atoms with E-state index in [4.69, 9.17) is 16.3 Å². The maximum Gasteiger partial charge on any atom is 0.238 e. The zero-order chi connectivity index (χ0) is 22.1. The molecule has 0 bridgehead atoms. The van der Waals surface area contributed by atoms with Crippen LogP contribution in [0.15, 0.2) is 89.4 Å². The Morgan fingerprint density at radius 3 is 2.50 bits per heavy atom. The fourth-order valence-electron chi connectivity index (χ4n) is 3.92. The second kappa shape index (κ2) is 9.18. The van der Waals surface area contributed by atoms with Crippen LogP contribution in [0.25, 0.3) is 10.8 Å². The van der Waals surface area contributed by atoms with E-state index in [1.54, 1.807) is 11.8 Å². The highest BCUT2D eigenvalue weighted by Crippen LogP contribution is 2.47. The van der Waals surface area contributed by atoms with Crippen LogP contribution in [0.1, 0.15) is 16.5 Å². The fourth-order valence-corrected chi connectivity index (χ4v) is 5.54. The molecule has 0 radical (unpaired) electrons. The summed E-state index contributed by atoms with van der Waals surface area (Å²) >= 11 is 11.2. The zero-order valence-corrected chi connectivity index (χ0v) is 20.2. The average molecular weight is 525 g/mol. The standard InChI is InChI=1S/C26H19BrClNO2S/c27-19-8-5-17(6-9-19)15-31-23-14-7-18-3-1-2-4-22(18)25(23)26-29(24(30)16-32-26)21-12-10-20(28)11-13-21/h1-14,26H,15-16H2/t26-/m0/s1. The summed E-state index contributed by atoms with van der Waals surface area (Å²) in [6, 6.07) is 27.8. The maximum absolute atomic E-state index is 12.9. The molecule has 0 saturated carbocycles. The number of carbonyl (C=O) groups is 1. The minimum Gasteiger partial charge on any atom is -0.488 e. The van der Waals surface area contributed by atoms with Crippen molar-refractivity contribution in [1.82, 2.24) is 0 Å². The molecule has 1 atom stereocenters. The second-order valence-electron chi connectivity index (χ2n) is 7.52. The molecule has 1 saturated heterocycles. The first-order chi connectivity index (χ1) is 15.6. The predicted octanol–water partition coefficient (Wildman–Crippen LogP) is 7.61. The van der Waals surface area contributed by atoms with E-state index < -0.39 is 0 Å². The molecule has 3 nitrogen and oxygen atoms in total. The molecule has 1 fully saturated rings. The summed E-state index contributed by atoms with van der Waals surface area (Å²) in [7, 11) is 0. The Hall–Kier alpha value is -2.47. The van der Waals surface area contributed by atoms with Gasteiger partial charge in [-0.05, 0) is 58.8 Å². The second-order valence-corrected chi connectivity index (χ2v) is 9.94. The molecule has 1 aliphatic rings. The van der Waals surface area contributed by atoms with Crippen molar-refractivity contribution in [3.05, 3.63) is 106 Å². The Kier molecular flexibility index (Phi) is 6.13. The van der Waals surface area contributed by atoms with E-state index in [0.717, 1.165) is 37.8 Å². The number of anilines is 1. The topological polar surface area (TPSA) is 29.5 Å². The smallest absolute Gasteiger partial charge is 0.238 e. The number of hydrogen-bond acceptors (Lipinski definition) is 3. The van der Waals surface area contributed by atoms with Crippen molar-refractivity contribution >= 4 is 61.7 Å². The largest absolute Gasteiger partial charge is 0.488 e. The molecule has 4 aromatic rings. The lowest BCUT2D eigenvalue weighted by atomic mass is 10.0. The van der Waals surface area contributed by atoms with E-state index in [9.17, 15) is 4.79 Å². The van der Waals surface area contributed by atoms with Gasteiger partial charge in [0.25, 0.3) is 0 Å². The number of ether oxygens (including phenoxy) is 1. The Balaban J connectivity index is 1.57. The minimum atomic E-state index is -0.185. The number of amides is 1. The van der Waals surface area contributed by atoms with E-state index in [1.807, 2.05) is 71.6 Å². The summed E-state index contributed by atoms with van der Waals surface area (Å²) in [4.78, 5) is 14.8. The van der Waals surface area contributed by atoms with Crippen molar-refractivity contribution < 1.29 is 9.53 Å². The summed E-state index contributed by atoms with van der Waals surface area (Å²) in [5.74, 6) is 1.29. The molecule has 5 rings (SSSR count). The van der Waals surface area contributed by atoms with E-state index in [2.05, 4.69) is 34.1 Å². The van der Waals surface area contributed by atoms with Gasteiger partial charge in [-0.25, -0.2) is 0 Å². The average Bonchev–Trinajstić information content (AvgIpc) is 3.19. The third kappa shape index (κ3) is 4.25. The van der Waals surface area contributed by atoms with Crippen LogP contribution in [0.3, 0.4) is 0 Å². The summed E-state index contributed by atoms with van der Waals surface area (Å²) in [5.41, 5.74) is 2.93. The Morgan fingerprint density at radius 1 is 0.969 bits per heavy atom. The molecule has 0 N–H and O–H groups in total. The molecule has 1 heterocycles. The first-order valence-corrected chi connectivity index (χ1v) is 12.4. The van der Waals surface area contributed by atoms with Crippen LogP contribution in [0.4, 0.5) is 5.69 Å². The van der Waals surface area contributed by atoms with Gasteiger partial charge >= 0.3 is 0 Å². The summed E-state index contributed by atoms with van der Waals surface area (Å²) < 4.78 is 7.37. The van der Waals surface area contributed by atoms with Gasteiger partial charge in [0.15, 0.2) is 0 Å². The molecule has 1 amide bonds. The number of rotatable bonds is 5. The third-order valence-corrected chi connectivity index (χ3v) is 7.41. The van der Waals surface area contributed by atoms with Gasteiger partial charge < -0.3 is 4.74 Å². The number of fused-ring (bicyclic) bond motifs is 1. The molecule has 32 heavy (non-hydrogen) atoms. The van der Waals surface area contributed by atoms with Gasteiger partial charge in [0.05, 0.1) is 5.75 Å². The van der Waals surface area contributed by atoms with Gasteiger partial charge in [0, 0.05) is 20.7 Å². The van der Waals surface area contributed by atoms with Crippen molar-refractivity contribution in [2.45, 2.75) is 12.0 Å². The molecule has 0 unspecified atom stereocenters. The lowest BCUT2D eigenvalue weighted by Gasteiger charge is -2.27. The van der Waals surface area contributed by atoms with Crippen LogP contribution in [-0.2, 0) is 11.4 Å². The molecule has 6 heteroatoms. The van der Waals surface area contributed by atoms with Gasteiger partial charge in [-0.3, -0.25) is 9.69 Å². The summed E-state index contributed by atoms with van der Waals surface area (Å²) in [6.45, 7) is 0.449. The minimum absolute atomic E-state index is 0.0779. The Labute approximate surface area is 204 Å². The Morgan fingerprint density at radius 2 is 1.72 bits per heavy atom. The summed E-state index contributed by atoms with van der Waals surface area (Å²) in [6.07, 6.45) is 0. The number of thioether (sulfide) groups is 1. The van der Waals surface area contributed by atoms with Crippen LogP contribution in [0.2, 0.25) is 5.02 Å². The lowest BCUT2D eigenvalue weighted by Crippen LogP contribution is -2.28. The molecule has 4 aromatic carbocycles. The van der Waals surface area contributed by atoms with Gasteiger partial charge in [-0.2, -0.15) is 0 Å². The van der Waals surface area contributed by atoms with Gasteiger partial charge in [0.1, 0.15) is 17.7 Å². The molecule has 160 valence electrons. The van der Waals surface area contributed by atoms with Crippen molar-refractivity contribution in [3.63, 3.8) is 0 Å². The first-order valence-electron chi connectivity index (χ1n) is 10.2. The normalized spacial score (nSPS) is 16.0. The first kappa shape index (κ1) is 21.4. The number of benzene rings is 4. The number of hydrogen-bond donors (Lipinski definition) is 0. The molecule has 0 spiro atoms. The van der Waals surface area contributed by atoms with E-state index >= 15 is 0 Å². The van der Waals surface area contributed by atoms with Gasteiger partial charge in [-0.1, -0.05) is 70.0 Å². The SMILES string of the molecule is O=C1CS[C@@H](c2c(OCc3ccc(Br)cc3)ccc3ccccc23)N1c1ccc(Cl)cc1. The van der Waals surface area contributed by atoms with Crippen LogP contribution < -0.4 is 9.64 Å². The maximum atomic E-state index is 12.9. The Bertz CT molecular complexity index is 1280. The molecular weight excluding hydrogens is 506 g/mol. The van der Waals surface area contributed by atoms with Crippen LogP contribution in [0, 0.1) is 0 Å². The van der Waals surface area contributed by atoms with E-state index in [-0.39, 0.29) is 11.3 Å². The van der Waals surface area contributed by atoms with Crippen LogP contribution >= 0.6 is 39.3 Å². The van der Waals surface area contributed by atoms with Crippen molar-refractivity contribution in [1.29, 1.82) is 0 Å². The van der Waals surface area contributed by atoms with Gasteiger partial charge in [-0.15, -0.1) is 11.8 Å². The lowest BCUT2D eigenvalue weighted by molar-refractivity contribution is -0.115. The van der Waals surface area contributed by atoms with Crippen LogP contribution in [-0.4, -0.2) is 11.7 Å². The molecular formula is C26H19BrClNO2S. The van der Waals surface area contributed by atoms with E-state index in [1.165, 1.54) is 0 Å². The highest BCUT2D eigenvalue weighted by Gasteiger charge is 2.36. The fraction of sp³-hybridized carbons (Fsp3) is 0.115. The molecule has 0 aliphatic carbocycles. The highest BCUT2D eigenvalue weighted by molar-refractivity contribution is 9.10. The predicted molar refractivity (Wildman–Crippen MR) is 137 cm³/mol. The van der Waals surface area contributed by atoms with Gasteiger partial charge in [0.2, 0.25) is 5.91 Å². The van der Waals surface area contributed by atoms with Crippen molar-refractivity contribution in [3.8, 4) is 5.75 Å². The molecule has 1 aliphatic heterocycles. The van der Waals surface area contributed by atoms with Crippen molar-refractivity contribution in [2.24, 2.45) is 0 Å². The zero-order valence-electron chi connectivity index (χ0n) is 17.0. The highest BCUT2D eigenvalue weighted by atomic mass is 79.9. The summed E-state index contributed by atoms with van der Waals surface area (Å²) in [5, 5.41) is 2.67.